The van der Waals surface area contributed by atoms with Crippen LogP contribution in [0.1, 0.15) is 26.7 Å². The highest BCUT2D eigenvalue weighted by molar-refractivity contribution is 5.97. The first-order valence-electron chi connectivity index (χ1n) is 4.22. The first-order valence-corrected chi connectivity index (χ1v) is 4.22. The lowest BCUT2D eigenvalue weighted by Crippen LogP contribution is -2.08. The average Bonchev–Trinajstić information content (AvgIpc) is 2.00. The van der Waals surface area contributed by atoms with E-state index in [-0.39, 0.29) is 5.83 Å². The molecule has 0 unspecified atom stereocenters. The van der Waals surface area contributed by atoms with Crippen LogP contribution in [0.5, 0.6) is 0 Å². The summed E-state index contributed by atoms with van der Waals surface area (Å²) in [6.07, 6.45) is 2.88. The summed E-state index contributed by atoms with van der Waals surface area (Å²) in [6.45, 7) is 3.80. The topological polar surface area (TPSA) is 15.6 Å². The summed E-state index contributed by atoms with van der Waals surface area (Å²) in [5, 5.41) is 5.63. The van der Waals surface area contributed by atoms with Crippen molar-refractivity contribution in [3.63, 3.8) is 0 Å². The van der Waals surface area contributed by atoms with Gasteiger partial charge in [-0.25, -0.2) is 4.39 Å². The summed E-state index contributed by atoms with van der Waals surface area (Å²) in [5.74, 6) is -0.200. The lowest BCUT2D eigenvalue weighted by Gasteiger charge is -2.07. The van der Waals surface area contributed by atoms with Crippen molar-refractivity contribution in [1.82, 2.24) is 5.01 Å². The standard InChI is InChI=1S/C9H17FN2/c1-5-7-8(10)9(6-2)11-12(3)4/h7H,5-6H2,1-4H3/b8-7+,11-9+. The lowest BCUT2D eigenvalue weighted by molar-refractivity contribution is 0.434. The second-order valence-corrected chi connectivity index (χ2v) is 2.71. The number of halogens is 1. The van der Waals surface area contributed by atoms with E-state index in [1.165, 1.54) is 0 Å². The first-order chi connectivity index (χ1) is 5.61. The SMILES string of the molecule is CC/C=C(F)\C(CC)=N\N(C)C. The van der Waals surface area contributed by atoms with Gasteiger partial charge in [0.15, 0.2) is 0 Å². The van der Waals surface area contributed by atoms with Crippen molar-refractivity contribution in [2.45, 2.75) is 26.7 Å². The van der Waals surface area contributed by atoms with Gasteiger partial charge in [-0.3, -0.25) is 0 Å². The van der Waals surface area contributed by atoms with Gasteiger partial charge in [-0.15, -0.1) is 0 Å². The van der Waals surface area contributed by atoms with Crippen LogP contribution in [0, 0.1) is 0 Å². The highest BCUT2D eigenvalue weighted by atomic mass is 19.1. The second-order valence-electron chi connectivity index (χ2n) is 2.71. The minimum Gasteiger partial charge on any atom is -0.303 e. The smallest absolute Gasteiger partial charge is 0.142 e. The van der Waals surface area contributed by atoms with E-state index in [2.05, 4.69) is 5.10 Å². The van der Waals surface area contributed by atoms with E-state index in [4.69, 9.17) is 0 Å². The molecule has 3 heteroatoms. The van der Waals surface area contributed by atoms with E-state index in [1.807, 2.05) is 13.8 Å². The Bertz CT molecular complexity index is 183. The Hall–Kier alpha value is -0.860. The molecule has 0 N–H and O–H groups in total. The van der Waals surface area contributed by atoms with Crippen molar-refractivity contribution in [3.8, 4) is 0 Å². The summed E-state index contributed by atoms with van der Waals surface area (Å²) in [7, 11) is 3.57. The zero-order valence-electron chi connectivity index (χ0n) is 8.26. The van der Waals surface area contributed by atoms with Gasteiger partial charge in [-0.1, -0.05) is 13.8 Å². The summed E-state index contributed by atoms with van der Waals surface area (Å²) in [5.41, 5.74) is 0.516. The molecule has 0 aromatic carbocycles. The normalized spacial score (nSPS) is 13.4. The highest BCUT2D eigenvalue weighted by Gasteiger charge is 2.02. The summed E-state index contributed by atoms with van der Waals surface area (Å²) >= 11 is 0. The number of nitrogens with zero attached hydrogens (tertiary/aromatic N) is 2. The molecule has 0 aliphatic carbocycles. The van der Waals surface area contributed by atoms with Crippen molar-refractivity contribution < 1.29 is 4.39 Å². The minimum absolute atomic E-state index is 0.200. The van der Waals surface area contributed by atoms with E-state index in [0.29, 0.717) is 18.6 Å². The molecule has 0 saturated heterocycles. The first kappa shape index (κ1) is 11.1. The van der Waals surface area contributed by atoms with E-state index in [0.717, 1.165) is 0 Å². The van der Waals surface area contributed by atoms with Crippen molar-refractivity contribution in [2.24, 2.45) is 5.10 Å². The van der Waals surface area contributed by atoms with Crippen LogP contribution in [0.15, 0.2) is 17.0 Å². The number of rotatable bonds is 4. The van der Waals surface area contributed by atoms with Gasteiger partial charge >= 0.3 is 0 Å². The largest absolute Gasteiger partial charge is 0.303 e. The molecule has 12 heavy (non-hydrogen) atoms. The monoisotopic (exact) mass is 172 g/mol. The Morgan fingerprint density at radius 3 is 2.33 bits per heavy atom. The Morgan fingerprint density at radius 2 is 2.00 bits per heavy atom. The molecule has 0 saturated carbocycles. The Morgan fingerprint density at radius 1 is 1.42 bits per heavy atom. The van der Waals surface area contributed by atoms with Crippen molar-refractivity contribution in [1.29, 1.82) is 0 Å². The van der Waals surface area contributed by atoms with E-state index >= 15 is 0 Å². The van der Waals surface area contributed by atoms with Gasteiger partial charge in [0.25, 0.3) is 0 Å². The fourth-order valence-electron chi connectivity index (χ4n) is 0.826. The number of hydrazone groups is 1. The van der Waals surface area contributed by atoms with Gasteiger partial charge < -0.3 is 5.01 Å². The number of hydrogen-bond acceptors (Lipinski definition) is 2. The molecule has 0 aromatic rings. The average molecular weight is 172 g/mol. The van der Waals surface area contributed by atoms with Crippen LogP contribution in [0.3, 0.4) is 0 Å². The Labute approximate surface area is 73.8 Å². The van der Waals surface area contributed by atoms with Crippen LogP contribution in [-0.4, -0.2) is 24.8 Å². The molecule has 70 valence electrons. The third-order valence-electron chi connectivity index (χ3n) is 1.31. The van der Waals surface area contributed by atoms with Gasteiger partial charge in [0.05, 0.1) is 5.71 Å². The zero-order valence-corrected chi connectivity index (χ0v) is 8.26. The van der Waals surface area contributed by atoms with Crippen molar-refractivity contribution in [3.05, 3.63) is 11.9 Å². The maximum absolute atomic E-state index is 13.1. The molecule has 0 radical (unpaired) electrons. The second kappa shape index (κ2) is 5.75. The van der Waals surface area contributed by atoms with Crippen LogP contribution in [0.2, 0.25) is 0 Å². The van der Waals surface area contributed by atoms with Crippen molar-refractivity contribution >= 4 is 5.71 Å². The zero-order chi connectivity index (χ0) is 9.56. The fourth-order valence-corrected chi connectivity index (χ4v) is 0.826. The molecule has 0 amide bonds. The van der Waals surface area contributed by atoms with Crippen LogP contribution >= 0.6 is 0 Å². The number of allylic oxidation sites excluding steroid dienone is 2. The van der Waals surface area contributed by atoms with Gasteiger partial charge in [-0.05, 0) is 18.9 Å². The predicted octanol–water partition coefficient (Wildman–Crippen LogP) is 2.58. The van der Waals surface area contributed by atoms with Crippen LogP contribution in [0.4, 0.5) is 4.39 Å². The molecule has 0 aliphatic rings. The van der Waals surface area contributed by atoms with Crippen LogP contribution in [-0.2, 0) is 0 Å². The van der Waals surface area contributed by atoms with Gasteiger partial charge in [0.2, 0.25) is 0 Å². The van der Waals surface area contributed by atoms with Gasteiger partial charge in [0, 0.05) is 14.1 Å². The molecule has 0 spiro atoms. The molecular formula is C9H17FN2. The number of hydrogen-bond donors (Lipinski definition) is 0. The summed E-state index contributed by atoms with van der Waals surface area (Å²) < 4.78 is 13.1. The van der Waals surface area contributed by atoms with Gasteiger partial charge in [0.1, 0.15) is 5.83 Å². The Kier molecular flexibility index (Phi) is 5.34. The van der Waals surface area contributed by atoms with E-state index in [1.54, 1.807) is 25.2 Å². The molecule has 0 aliphatic heterocycles. The molecule has 0 bridgehead atoms. The third-order valence-corrected chi connectivity index (χ3v) is 1.31. The molecule has 0 aromatic heterocycles. The van der Waals surface area contributed by atoms with Crippen molar-refractivity contribution in [2.75, 3.05) is 14.1 Å². The fraction of sp³-hybridized carbons (Fsp3) is 0.667. The molecular weight excluding hydrogens is 155 g/mol. The lowest BCUT2D eigenvalue weighted by atomic mass is 10.2. The van der Waals surface area contributed by atoms with Crippen LogP contribution < -0.4 is 0 Å². The summed E-state index contributed by atoms with van der Waals surface area (Å²) in [6, 6.07) is 0. The maximum atomic E-state index is 13.1. The minimum atomic E-state index is -0.200. The van der Waals surface area contributed by atoms with Crippen LogP contribution in [0.25, 0.3) is 0 Å². The highest BCUT2D eigenvalue weighted by Crippen LogP contribution is 2.05. The maximum Gasteiger partial charge on any atom is 0.142 e. The molecule has 0 atom stereocenters. The van der Waals surface area contributed by atoms with E-state index in [9.17, 15) is 4.39 Å². The van der Waals surface area contributed by atoms with Gasteiger partial charge in [-0.2, -0.15) is 5.10 Å². The summed E-state index contributed by atoms with van der Waals surface area (Å²) in [4.78, 5) is 0. The third kappa shape index (κ3) is 4.11. The molecule has 0 fully saturated rings. The van der Waals surface area contributed by atoms with E-state index < -0.39 is 0 Å². The molecule has 0 rings (SSSR count). The molecule has 0 heterocycles. The Balaban J connectivity index is 4.44. The quantitative estimate of drug-likeness (QED) is 0.470. The predicted molar refractivity (Wildman–Crippen MR) is 50.9 cm³/mol. The molecule has 2 nitrogen and oxygen atoms in total.